The van der Waals surface area contributed by atoms with Crippen molar-refractivity contribution < 1.29 is 9.53 Å². The number of rotatable bonds is 4. The summed E-state index contributed by atoms with van der Waals surface area (Å²) in [4.78, 5) is 11.1. The van der Waals surface area contributed by atoms with Gasteiger partial charge in [-0.15, -0.1) is 10.2 Å². The van der Waals surface area contributed by atoms with Crippen LogP contribution in [0.2, 0.25) is 0 Å². The summed E-state index contributed by atoms with van der Waals surface area (Å²) in [5, 5.41) is 11.3. The van der Waals surface area contributed by atoms with Gasteiger partial charge in [-0.1, -0.05) is 11.3 Å². The number of nitrogens with two attached hydrogens (primary N) is 1. The first-order valence-corrected chi connectivity index (χ1v) is 4.83. The smallest absolute Gasteiger partial charge is 0.252 e. The minimum absolute atomic E-state index is 0.00704. The molecule has 1 aromatic heterocycles. The van der Waals surface area contributed by atoms with Crippen LogP contribution in [-0.2, 0) is 9.53 Å². The molecular formula is C7H12N4O2S. The number of aromatic nitrogens is 2. The van der Waals surface area contributed by atoms with Crippen molar-refractivity contribution in [2.24, 2.45) is 5.73 Å². The van der Waals surface area contributed by atoms with Crippen molar-refractivity contribution in [2.45, 2.75) is 13.0 Å². The summed E-state index contributed by atoms with van der Waals surface area (Å²) in [6.45, 7) is 1.81. The van der Waals surface area contributed by atoms with Crippen LogP contribution in [0.15, 0.2) is 0 Å². The normalized spacial score (nSPS) is 12.5. The van der Waals surface area contributed by atoms with E-state index in [4.69, 9.17) is 5.73 Å². The second-order valence-electron chi connectivity index (χ2n) is 2.72. The molecule has 1 aromatic rings. The van der Waals surface area contributed by atoms with Crippen LogP contribution in [0.3, 0.4) is 0 Å². The average Bonchev–Trinajstić information content (AvgIpc) is 2.53. The third-order valence-corrected chi connectivity index (χ3v) is 2.39. The largest absolute Gasteiger partial charge is 0.375 e. The minimum Gasteiger partial charge on any atom is -0.375 e. The van der Waals surface area contributed by atoms with Gasteiger partial charge in [-0.25, -0.2) is 0 Å². The number of nitrogens with zero attached hydrogens (tertiary/aromatic N) is 2. The van der Waals surface area contributed by atoms with Crippen molar-refractivity contribution in [3.63, 3.8) is 0 Å². The second-order valence-corrected chi connectivity index (χ2v) is 3.72. The maximum Gasteiger partial charge on any atom is 0.252 e. The Morgan fingerprint density at radius 3 is 2.93 bits per heavy atom. The number of carbonyl (C=O) groups excluding carboxylic acids is 1. The van der Waals surface area contributed by atoms with E-state index in [1.165, 1.54) is 18.4 Å². The lowest BCUT2D eigenvalue weighted by Gasteiger charge is -1.98. The number of amides is 1. The molecular weight excluding hydrogens is 204 g/mol. The van der Waals surface area contributed by atoms with Gasteiger partial charge in [0.2, 0.25) is 5.13 Å². The monoisotopic (exact) mass is 216 g/mol. The van der Waals surface area contributed by atoms with Crippen molar-refractivity contribution in [3.05, 3.63) is 5.01 Å². The summed E-state index contributed by atoms with van der Waals surface area (Å²) in [6.07, 6.45) is 0. The van der Waals surface area contributed by atoms with Crippen molar-refractivity contribution in [1.29, 1.82) is 0 Å². The van der Waals surface area contributed by atoms with E-state index in [1.54, 1.807) is 6.92 Å². The predicted octanol–water partition coefficient (Wildman–Crippen LogP) is 0.143. The van der Waals surface area contributed by atoms with Crippen LogP contribution >= 0.6 is 11.3 Å². The van der Waals surface area contributed by atoms with E-state index in [9.17, 15) is 4.79 Å². The predicted molar refractivity (Wildman–Crippen MR) is 53.0 cm³/mol. The van der Waals surface area contributed by atoms with E-state index >= 15 is 0 Å². The molecule has 0 spiro atoms. The zero-order valence-electron chi connectivity index (χ0n) is 7.98. The van der Waals surface area contributed by atoms with E-state index in [-0.39, 0.29) is 18.6 Å². The van der Waals surface area contributed by atoms with Gasteiger partial charge in [-0.05, 0) is 6.92 Å². The first kappa shape index (κ1) is 11.0. The van der Waals surface area contributed by atoms with Crippen molar-refractivity contribution in [2.75, 3.05) is 19.0 Å². The van der Waals surface area contributed by atoms with Gasteiger partial charge >= 0.3 is 0 Å². The third-order valence-electron chi connectivity index (χ3n) is 1.35. The molecule has 1 rings (SSSR count). The Labute approximate surface area is 85.5 Å². The summed E-state index contributed by atoms with van der Waals surface area (Å²) >= 11 is 1.26. The first-order chi connectivity index (χ1) is 6.63. The van der Waals surface area contributed by atoms with Gasteiger partial charge in [-0.3, -0.25) is 10.1 Å². The molecule has 0 aliphatic carbocycles. The summed E-state index contributed by atoms with van der Waals surface area (Å²) in [5.41, 5.74) is 5.59. The molecule has 0 aromatic carbocycles. The molecule has 0 radical (unpaired) electrons. The van der Waals surface area contributed by atoms with E-state index in [0.29, 0.717) is 10.1 Å². The Bertz CT molecular complexity index is 312. The van der Waals surface area contributed by atoms with E-state index < -0.39 is 0 Å². The van der Waals surface area contributed by atoms with Gasteiger partial charge in [0.05, 0.1) is 6.04 Å². The number of methoxy groups -OCH3 is 1. The molecule has 0 fully saturated rings. The van der Waals surface area contributed by atoms with Crippen molar-refractivity contribution in [1.82, 2.24) is 10.2 Å². The summed E-state index contributed by atoms with van der Waals surface area (Å²) in [5.74, 6) is -0.250. The standard InChI is InChI=1S/C7H12N4O2S/c1-4(8)6-10-11-7(14-6)9-5(12)3-13-2/h4H,3,8H2,1-2H3,(H,9,11,12). The highest BCUT2D eigenvalue weighted by molar-refractivity contribution is 7.15. The van der Waals surface area contributed by atoms with E-state index in [1.807, 2.05) is 0 Å². The van der Waals surface area contributed by atoms with Crippen molar-refractivity contribution >= 4 is 22.4 Å². The molecule has 1 heterocycles. The van der Waals surface area contributed by atoms with Gasteiger partial charge in [-0.2, -0.15) is 0 Å². The summed E-state index contributed by atoms with van der Waals surface area (Å²) in [6, 6.07) is -0.166. The van der Waals surface area contributed by atoms with Gasteiger partial charge in [0.1, 0.15) is 11.6 Å². The highest BCUT2D eigenvalue weighted by atomic mass is 32.1. The molecule has 1 unspecified atom stereocenters. The molecule has 78 valence electrons. The Hall–Kier alpha value is -1.05. The number of hydrogen-bond donors (Lipinski definition) is 2. The summed E-state index contributed by atoms with van der Waals surface area (Å²) in [7, 11) is 1.45. The molecule has 0 saturated carbocycles. The lowest BCUT2D eigenvalue weighted by atomic mass is 10.4. The van der Waals surface area contributed by atoms with E-state index in [0.717, 1.165) is 0 Å². The van der Waals surface area contributed by atoms with Gasteiger partial charge in [0.25, 0.3) is 5.91 Å². The Kier molecular flexibility index (Phi) is 3.93. The zero-order valence-corrected chi connectivity index (χ0v) is 8.80. The quantitative estimate of drug-likeness (QED) is 0.747. The number of carbonyl (C=O) groups is 1. The van der Waals surface area contributed by atoms with Crippen LogP contribution in [-0.4, -0.2) is 29.8 Å². The fraction of sp³-hybridized carbons (Fsp3) is 0.571. The van der Waals surface area contributed by atoms with Gasteiger partial charge in [0, 0.05) is 7.11 Å². The molecule has 14 heavy (non-hydrogen) atoms. The Morgan fingerprint density at radius 1 is 1.71 bits per heavy atom. The molecule has 3 N–H and O–H groups in total. The van der Waals surface area contributed by atoms with Crippen LogP contribution in [0.25, 0.3) is 0 Å². The van der Waals surface area contributed by atoms with Gasteiger partial charge in [0.15, 0.2) is 0 Å². The highest BCUT2D eigenvalue weighted by Crippen LogP contribution is 2.19. The van der Waals surface area contributed by atoms with Crippen LogP contribution < -0.4 is 11.1 Å². The molecule has 1 amide bonds. The number of hydrogen-bond acceptors (Lipinski definition) is 6. The first-order valence-electron chi connectivity index (χ1n) is 4.01. The molecule has 0 saturated heterocycles. The lowest BCUT2D eigenvalue weighted by Crippen LogP contribution is -2.16. The van der Waals surface area contributed by atoms with Gasteiger partial charge < -0.3 is 10.5 Å². The number of ether oxygens (including phenoxy) is 1. The fourth-order valence-electron chi connectivity index (χ4n) is 0.756. The molecule has 7 heteroatoms. The molecule has 0 aliphatic heterocycles. The molecule has 6 nitrogen and oxygen atoms in total. The third kappa shape index (κ3) is 3.02. The van der Waals surface area contributed by atoms with Crippen LogP contribution in [0.4, 0.5) is 5.13 Å². The second kappa shape index (κ2) is 4.99. The van der Waals surface area contributed by atoms with E-state index in [2.05, 4.69) is 20.3 Å². The Morgan fingerprint density at radius 2 is 2.43 bits per heavy atom. The fourth-order valence-corrected chi connectivity index (χ4v) is 1.47. The van der Waals surface area contributed by atoms with Crippen LogP contribution in [0, 0.1) is 0 Å². The average molecular weight is 216 g/mol. The van der Waals surface area contributed by atoms with Crippen molar-refractivity contribution in [3.8, 4) is 0 Å². The molecule has 1 atom stereocenters. The number of nitrogens with one attached hydrogen (secondary N) is 1. The van der Waals surface area contributed by atoms with Crippen LogP contribution in [0.1, 0.15) is 18.0 Å². The maximum absolute atomic E-state index is 11.1. The summed E-state index contributed by atoms with van der Waals surface area (Å²) < 4.78 is 4.65. The van der Waals surface area contributed by atoms with Crippen LogP contribution in [0.5, 0.6) is 0 Å². The SMILES string of the molecule is COCC(=O)Nc1nnc(C(C)N)s1. The maximum atomic E-state index is 11.1. The topological polar surface area (TPSA) is 90.1 Å². The number of anilines is 1. The molecule has 0 aliphatic rings. The lowest BCUT2D eigenvalue weighted by molar-refractivity contribution is -0.119. The highest BCUT2D eigenvalue weighted by Gasteiger charge is 2.09. The molecule has 0 bridgehead atoms. The zero-order chi connectivity index (χ0) is 10.6. The Balaban J connectivity index is 2.55. The minimum atomic E-state index is -0.250.